The first-order chi connectivity index (χ1) is 6.32. The number of halogens is 4. The van der Waals surface area contributed by atoms with Gasteiger partial charge < -0.3 is 4.55 Å². The third-order valence-electron chi connectivity index (χ3n) is 1.44. The van der Waals surface area contributed by atoms with Crippen molar-refractivity contribution in [2.75, 3.05) is 0 Å². The zero-order valence-electron chi connectivity index (χ0n) is 6.51. The zero-order chi connectivity index (χ0) is 10.9. The molecule has 2 nitrogen and oxygen atoms in total. The molecule has 0 aliphatic carbocycles. The van der Waals surface area contributed by atoms with E-state index in [1.807, 2.05) is 0 Å². The lowest BCUT2D eigenvalue weighted by Gasteiger charge is -2.10. The number of alkyl halides is 3. The van der Waals surface area contributed by atoms with Gasteiger partial charge in [0.2, 0.25) is 0 Å². The van der Waals surface area contributed by atoms with Crippen LogP contribution in [0.4, 0.5) is 13.2 Å². The molecule has 1 rings (SSSR count). The second-order valence-corrected chi connectivity index (χ2v) is 4.24. The number of benzene rings is 1. The Kier molecular flexibility index (Phi) is 3.33. The molecule has 0 amide bonds. The van der Waals surface area contributed by atoms with Crippen LogP contribution in [0.1, 0.15) is 5.56 Å². The molecular weight excluding hydrogens is 285 g/mol. The second-order valence-electron chi connectivity index (χ2n) is 2.39. The molecule has 0 heterocycles. The highest BCUT2D eigenvalue weighted by Crippen LogP contribution is 2.34. The van der Waals surface area contributed by atoms with Crippen LogP contribution in [0.3, 0.4) is 0 Å². The van der Waals surface area contributed by atoms with Crippen LogP contribution in [0.5, 0.6) is 0 Å². The molecule has 7 heteroatoms. The highest BCUT2D eigenvalue weighted by molar-refractivity contribution is 9.10. The molecule has 1 N–H and O–H groups in total. The summed E-state index contributed by atoms with van der Waals surface area (Å²) in [5.41, 5.74) is -1.10. The van der Waals surface area contributed by atoms with Crippen LogP contribution in [0, 0.1) is 0 Å². The summed E-state index contributed by atoms with van der Waals surface area (Å²) in [6.45, 7) is 0. The van der Waals surface area contributed by atoms with Crippen molar-refractivity contribution < 1.29 is 21.9 Å². The first-order valence-electron chi connectivity index (χ1n) is 3.30. The summed E-state index contributed by atoms with van der Waals surface area (Å²) in [5, 5.41) is 0. The maximum atomic E-state index is 12.3. The van der Waals surface area contributed by atoms with E-state index in [0.717, 1.165) is 12.1 Å². The summed E-state index contributed by atoms with van der Waals surface area (Å²) in [6, 6.07) is 3.01. The Morgan fingerprint density at radius 3 is 2.36 bits per heavy atom. The number of rotatable bonds is 1. The van der Waals surface area contributed by atoms with Crippen molar-refractivity contribution in [3.8, 4) is 0 Å². The van der Waals surface area contributed by atoms with Crippen molar-refractivity contribution >= 4 is 27.0 Å². The average molecular weight is 289 g/mol. The van der Waals surface area contributed by atoms with Crippen LogP contribution < -0.4 is 0 Å². The lowest BCUT2D eigenvalue weighted by molar-refractivity contribution is -0.139. The van der Waals surface area contributed by atoms with Gasteiger partial charge in [-0.1, -0.05) is 15.9 Å². The highest BCUT2D eigenvalue weighted by Gasteiger charge is 2.35. The Labute approximate surface area is 88.5 Å². The molecule has 78 valence electrons. The van der Waals surface area contributed by atoms with Crippen LogP contribution in [0.25, 0.3) is 0 Å². The van der Waals surface area contributed by atoms with E-state index in [1.165, 1.54) is 6.07 Å². The molecular formula is C7H4BrF3O2S. The van der Waals surface area contributed by atoms with Crippen LogP contribution in [0.2, 0.25) is 0 Å². The molecule has 0 spiro atoms. The van der Waals surface area contributed by atoms with Gasteiger partial charge in [0, 0.05) is 4.47 Å². The Balaban J connectivity index is 3.38. The van der Waals surface area contributed by atoms with E-state index in [9.17, 15) is 17.4 Å². The van der Waals surface area contributed by atoms with Gasteiger partial charge in [0.15, 0.2) is 11.1 Å². The standard InChI is InChI=1S/C7H4BrF3O2S/c8-4-1-2-6(14(12)13)5(3-4)7(9,10)11/h1-3H,(H,12,13). The molecule has 0 fully saturated rings. The van der Waals surface area contributed by atoms with Crippen molar-refractivity contribution in [3.05, 3.63) is 28.2 Å². The molecule has 1 unspecified atom stereocenters. The lowest BCUT2D eigenvalue weighted by atomic mass is 10.2. The molecule has 0 saturated heterocycles. The Bertz CT molecular complexity index is 378. The fourth-order valence-corrected chi connectivity index (χ4v) is 1.78. The van der Waals surface area contributed by atoms with Gasteiger partial charge in [-0.25, -0.2) is 4.21 Å². The summed E-state index contributed by atoms with van der Waals surface area (Å²) in [5.74, 6) is 0. The van der Waals surface area contributed by atoms with Crippen LogP contribution in [-0.4, -0.2) is 8.76 Å². The SMILES string of the molecule is O=S(O)c1ccc(Br)cc1C(F)(F)F. The normalized spacial score (nSPS) is 14.1. The van der Waals surface area contributed by atoms with Gasteiger partial charge in [0.1, 0.15) is 0 Å². The third-order valence-corrected chi connectivity index (χ3v) is 2.66. The molecule has 0 radical (unpaired) electrons. The summed E-state index contributed by atoms with van der Waals surface area (Å²) >= 11 is 0.221. The molecule has 0 saturated carbocycles. The van der Waals surface area contributed by atoms with Gasteiger partial charge in [-0.2, -0.15) is 13.2 Å². The van der Waals surface area contributed by atoms with E-state index >= 15 is 0 Å². The van der Waals surface area contributed by atoms with Crippen LogP contribution in [-0.2, 0) is 17.3 Å². The molecule has 1 atom stereocenters. The predicted octanol–water partition coefficient (Wildman–Crippen LogP) is 3.05. The first kappa shape index (κ1) is 11.7. The van der Waals surface area contributed by atoms with Gasteiger partial charge in [0.25, 0.3) is 0 Å². The van der Waals surface area contributed by atoms with Gasteiger partial charge in [0.05, 0.1) is 10.5 Å². The van der Waals surface area contributed by atoms with E-state index in [2.05, 4.69) is 15.9 Å². The molecule has 0 aliphatic heterocycles. The topological polar surface area (TPSA) is 37.3 Å². The fraction of sp³-hybridized carbons (Fsp3) is 0.143. The molecule has 14 heavy (non-hydrogen) atoms. The number of hydrogen-bond donors (Lipinski definition) is 1. The van der Waals surface area contributed by atoms with Crippen molar-refractivity contribution in [1.29, 1.82) is 0 Å². The minimum Gasteiger partial charge on any atom is -0.302 e. The largest absolute Gasteiger partial charge is 0.417 e. The Morgan fingerprint density at radius 1 is 1.36 bits per heavy atom. The van der Waals surface area contributed by atoms with Crippen molar-refractivity contribution in [3.63, 3.8) is 0 Å². The average Bonchev–Trinajstić information content (AvgIpc) is 2.01. The van der Waals surface area contributed by atoms with Crippen molar-refractivity contribution in [2.24, 2.45) is 0 Å². The summed E-state index contributed by atoms with van der Waals surface area (Å²) in [4.78, 5) is -0.638. The van der Waals surface area contributed by atoms with E-state index < -0.39 is 27.7 Å². The third kappa shape index (κ3) is 2.55. The lowest BCUT2D eigenvalue weighted by Crippen LogP contribution is -2.09. The van der Waals surface area contributed by atoms with E-state index in [-0.39, 0.29) is 4.47 Å². The maximum Gasteiger partial charge on any atom is 0.417 e. The van der Waals surface area contributed by atoms with E-state index in [0.29, 0.717) is 0 Å². The monoisotopic (exact) mass is 288 g/mol. The van der Waals surface area contributed by atoms with E-state index in [1.54, 1.807) is 0 Å². The molecule has 1 aromatic rings. The van der Waals surface area contributed by atoms with E-state index in [4.69, 9.17) is 4.55 Å². The van der Waals surface area contributed by atoms with Gasteiger partial charge >= 0.3 is 6.18 Å². The second kappa shape index (κ2) is 4.00. The molecule has 0 aliphatic rings. The number of hydrogen-bond acceptors (Lipinski definition) is 1. The molecule has 0 aromatic heterocycles. The Morgan fingerprint density at radius 2 is 1.93 bits per heavy atom. The van der Waals surface area contributed by atoms with Gasteiger partial charge in [-0.15, -0.1) is 0 Å². The first-order valence-corrected chi connectivity index (χ1v) is 5.20. The predicted molar refractivity (Wildman–Crippen MR) is 48.2 cm³/mol. The summed E-state index contributed by atoms with van der Waals surface area (Å²) in [7, 11) is 0. The highest BCUT2D eigenvalue weighted by atomic mass is 79.9. The van der Waals surface area contributed by atoms with Gasteiger partial charge in [-0.05, 0) is 18.2 Å². The fourth-order valence-electron chi connectivity index (χ4n) is 0.876. The van der Waals surface area contributed by atoms with Crippen LogP contribution in [0.15, 0.2) is 27.6 Å². The van der Waals surface area contributed by atoms with Crippen molar-refractivity contribution in [1.82, 2.24) is 0 Å². The molecule has 1 aromatic carbocycles. The minimum absolute atomic E-state index is 0.207. The van der Waals surface area contributed by atoms with Crippen LogP contribution >= 0.6 is 15.9 Å². The molecule has 0 bridgehead atoms. The quantitative estimate of drug-likeness (QED) is 0.807. The summed E-state index contributed by atoms with van der Waals surface area (Å²) in [6.07, 6.45) is -4.63. The summed E-state index contributed by atoms with van der Waals surface area (Å²) < 4.78 is 56.4. The Hall–Kier alpha value is -0.400. The zero-order valence-corrected chi connectivity index (χ0v) is 8.91. The van der Waals surface area contributed by atoms with Gasteiger partial charge in [-0.3, -0.25) is 0 Å². The van der Waals surface area contributed by atoms with Crippen molar-refractivity contribution in [2.45, 2.75) is 11.1 Å². The maximum absolute atomic E-state index is 12.3. The minimum atomic E-state index is -4.63. The smallest absolute Gasteiger partial charge is 0.302 e.